The summed E-state index contributed by atoms with van der Waals surface area (Å²) in [5.41, 5.74) is 0. The number of hydrogen-bond donors (Lipinski definition) is 0. The SMILES string of the molecule is CC(C)CCCCCCCCCCC(C)C=CCC1=NCCO1. The van der Waals surface area contributed by atoms with Gasteiger partial charge in [-0.1, -0.05) is 90.7 Å². The number of aliphatic imine (C=N–C) groups is 1. The van der Waals surface area contributed by atoms with Crippen molar-refractivity contribution in [2.24, 2.45) is 16.8 Å². The van der Waals surface area contributed by atoms with Gasteiger partial charge in [0.2, 0.25) is 0 Å². The van der Waals surface area contributed by atoms with E-state index in [0.29, 0.717) is 5.92 Å². The summed E-state index contributed by atoms with van der Waals surface area (Å²) in [5, 5.41) is 0. The fraction of sp³-hybridized carbons (Fsp3) is 0.857. The van der Waals surface area contributed by atoms with Crippen molar-refractivity contribution in [2.45, 2.75) is 91.4 Å². The van der Waals surface area contributed by atoms with E-state index in [4.69, 9.17) is 4.74 Å². The summed E-state index contributed by atoms with van der Waals surface area (Å²) >= 11 is 0. The molecule has 1 unspecified atom stereocenters. The van der Waals surface area contributed by atoms with Gasteiger partial charge >= 0.3 is 0 Å². The molecule has 2 nitrogen and oxygen atoms in total. The fourth-order valence-electron chi connectivity index (χ4n) is 3.08. The Morgan fingerprint density at radius 3 is 2.09 bits per heavy atom. The van der Waals surface area contributed by atoms with E-state index in [9.17, 15) is 0 Å². The zero-order valence-electron chi connectivity index (χ0n) is 15.9. The molecule has 23 heavy (non-hydrogen) atoms. The minimum atomic E-state index is 0.688. The first kappa shape index (κ1) is 20.3. The normalized spacial score (nSPS) is 16.1. The highest BCUT2D eigenvalue weighted by Gasteiger charge is 2.04. The maximum absolute atomic E-state index is 5.41. The Morgan fingerprint density at radius 1 is 0.913 bits per heavy atom. The van der Waals surface area contributed by atoms with Crippen LogP contribution >= 0.6 is 0 Å². The third-order valence-corrected chi connectivity index (χ3v) is 4.60. The van der Waals surface area contributed by atoms with E-state index in [1.54, 1.807) is 0 Å². The molecule has 1 aliphatic rings. The highest BCUT2D eigenvalue weighted by molar-refractivity contribution is 5.78. The van der Waals surface area contributed by atoms with Gasteiger partial charge in [-0.2, -0.15) is 0 Å². The molecule has 1 aliphatic heterocycles. The molecular formula is C21H39NO. The molecule has 0 bridgehead atoms. The van der Waals surface area contributed by atoms with Crippen LogP contribution in [0.15, 0.2) is 17.1 Å². The van der Waals surface area contributed by atoms with Crippen LogP contribution in [0.5, 0.6) is 0 Å². The number of hydrogen-bond acceptors (Lipinski definition) is 2. The molecule has 0 spiro atoms. The molecule has 1 heterocycles. The Hall–Kier alpha value is -0.790. The summed E-state index contributed by atoms with van der Waals surface area (Å²) in [5.74, 6) is 2.49. The maximum atomic E-state index is 5.41. The van der Waals surface area contributed by atoms with Crippen molar-refractivity contribution >= 4 is 5.90 Å². The molecule has 0 saturated heterocycles. The van der Waals surface area contributed by atoms with Crippen LogP contribution in [0.25, 0.3) is 0 Å². The Bertz CT molecular complexity index is 333. The van der Waals surface area contributed by atoms with Crippen LogP contribution in [0.4, 0.5) is 0 Å². The second kappa shape index (κ2) is 13.6. The average Bonchev–Trinajstić information content (AvgIpc) is 3.02. The van der Waals surface area contributed by atoms with Gasteiger partial charge in [-0.15, -0.1) is 0 Å². The summed E-state index contributed by atoms with van der Waals surface area (Å²) in [7, 11) is 0. The molecule has 134 valence electrons. The van der Waals surface area contributed by atoms with Crippen molar-refractivity contribution in [3.8, 4) is 0 Å². The smallest absolute Gasteiger partial charge is 0.187 e. The molecular weight excluding hydrogens is 282 g/mol. The molecule has 1 atom stereocenters. The minimum Gasteiger partial charge on any atom is -0.479 e. The van der Waals surface area contributed by atoms with E-state index in [2.05, 4.69) is 37.9 Å². The highest BCUT2D eigenvalue weighted by atomic mass is 16.5. The zero-order chi connectivity index (χ0) is 16.8. The summed E-state index contributed by atoms with van der Waals surface area (Å²) in [6, 6.07) is 0. The van der Waals surface area contributed by atoms with E-state index >= 15 is 0 Å². The maximum Gasteiger partial charge on any atom is 0.187 e. The Labute approximate surface area is 144 Å². The van der Waals surface area contributed by atoms with Crippen LogP contribution in [-0.2, 0) is 4.74 Å². The van der Waals surface area contributed by atoms with Crippen molar-refractivity contribution in [2.75, 3.05) is 13.2 Å². The molecule has 0 aromatic heterocycles. The number of nitrogens with zero attached hydrogens (tertiary/aromatic N) is 1. The lowest BCUT2D eigenvalue weighted by Gasteiger charge is -2.07. The first-order valence-corrected chi connectivity index (χ1v) is 10.0. The van der Waals surface area contributed by atoms with E-state index < -0.39 is 0 Å². The number of unbranched alkanes of at least 4 members (excludes halogenated alkanes) is 7. The Morgan fingerprint density at radius 2 is 1.52 bits per heavy atom. The summed E-state index contributed by atoms with van der Waals surface area (Å²) in [4.78, 5) is 4.31. The highest BCUT2D eigenvalue weighted by Crippen LogP contribution is 2.15. The second-order valence-electron chi connectivity index (χ2n) is 7.53. The lowest BCUT2D eigenvalue weighted by atomic mass is 10.00. The van der Waals surface area contributed by atoms with Gasteiger partial charge in [-0.05, 0) is 18.3 Å². The van der Waals surface area contributed by atoms with Gasteiger partial charge in [0.25, 0.3) is 0 Å². The summed E-state index contributed by atoms with van der Waals surface area (Å²) < 4.78 is 5.41. The molecule has 0 aromatic rings. The number of ether oxygens (including phenoxy) is 1. The van der Waals surface area contributed by atoms with Crippen LogP contribution in [-0.4, -0.2) is 19.0 Å². The third-order valence-electron chi connectivity index (χ3n) is 4.60. The number of rotatable bonds is 14. The van der Waals surface area contributed by atoms with Crippen molar-refractivity contribution < 1.29 is 4.74 Å². The summed E-state index contributed by atoms with van der Waals surface area (Å²) in [6.45, 7) is 8.59. The number of allylic oxidation sites excluding steroid dienone is 1. The average molecular weight is 322 g/mol. The van der Waals surface area contributed by atoms with Crippen LogP contribution < -0.4 is 0 Å². The molecule has 0 fully saturated rings. The van der Waals surface area contributed by atoms with E-state index in [1.807, 2.05) is 0 Å². The zero-order valence-corrected chi connectivity index (χ0v) is 15.9. The van der Waals surface area contributed by atoms with Gasteiger partial charge in [0, 0.05) is 6.42 Å². The molecule has 0 radical (unpaired) electrons. The van der Waals surface area contributed by atoms with Crippen LogP contribution in [0.1, 0.15) is 91.4 Å². The van der Waals surface area contributed by atoms with Gasteiger partial charge in [-0.25, -0.2) is 0 Å². The largest absolute Gasteiger partial charge is 0.479 e. The van der Waals surface area contributed by atoms with Crippen molar-refractivity contribution in [3.63, 3.8) is 0 Å². The first-order chi connectivity index (χ1) is 11.2. The summed E-state index contributed by atoms with van der Waals surface area (Å²) in [6.07, 6.45) is 19.5. The quantitative estimate of drug-likeness (QED) is 0.262. The van der Waals surface area contributed by atoms with Crippen molar-refractivity contribution in [3.05, 3.63) is 12.2 Å². The standard InChI is InChI=1S/C21H39NO/c1-19(2)13-10-8-6-4-5-7-9-11-14-20(3)15-12-16-21-22-17-18-23-21/h12,15,19-20H,4-11,13-14,16-18H2,1-3H3. The van der Waals surface area contributed by atoms with E-state index in [1.165, 1.54) is 64.2 Å². The predicted octanol–water partition coefficient (Wildman–Crippen LogP) is 6.55. The molecule has 0 saturated carbocycles. The van der Waals surface area contributed by atoms with E-state index in [-0.39, 0.29) is 0 Å². The fourth-order valence-corrected chi connectivity index (χ4v) is 3.08. The molecule has 0 N–H and O–H groups in total. The van der Waals surface area contributed by atoms with Crippen LogP contribution in [0.2, 0.25) is 0 Å². The second-order valence-corrected chi connectivity index (χ2v) is 7.53. The van der Waals surface area contributed by atoms with Crippen molar-refractivity contribution in [1.29, 1.82) is 0 Å². The third kappa shape index (κ3) is 12.3. The molecule has 1 rings (SSSR count). The first-order valence-electron chi connectivity index (χ1n) is 10.0. The molecule has 0 aliphatic carbocycles. The monoisotopic (exact) mass is 321 g/mol. The van der Waals surface area contributed by atoms with Gasteiger partial charge in [0.05, 0.1) is 6.54 Å². The van der Waals surface area contributed by atoms with Crippen molar-refractivity contribution in [1.82, 2.24) is 0 Å². The van der Waals surface area contributed by atoms with E-state index in [0.717, 1.165) is 31.4 Å². The Kier molecular flexibility index (Phi) is 12.0. The molecule has 0 amide bonds. The predicted molar refractivity (Wildman–Crippen MR) is 102 cm³/mol. The van der Waals surface area contributed by atoms with Crippen LogP contribution in [0.3, 0.4) is 0 Å². The lowest BCUT2D eigenvalue weighted by Crippen LogP contribution is -1.97. The van der Waals surface area contributed by atoms with Gasteiger partial charge in [0.15, 0.2) is 5.90 Å². The molecule has 2 heteroatoms. The topological polar surface area (TPSA) is 21.6 Å². The van der Waals surface area contributed by atoms with Gasteiger partial charge in [0.1, 0.15) is 6.61 Å². The minimum absolute atomic E-state index is 0.688. The van der Waals surface area contributed by atoms with Gasteiger partial charge in [-0.3, -0.25) is 4.99 Å². The van der Waals surface area contributed by atoms with Gasteiger partial charge < -0.3 is 4.74 Å². The lowest BCUT2D eigenvalue weighted by molar-refractivity contribution is 0.341. The molecule has 0 aromatic carbocycles. The van der Waals surface area contributed by atoms with Crippen LogP contribution in [0, 0.1) is 11.8 Å². The Balaban J connectivity index is 1.83.